The van der Waals surface area contributed by atoms with Crippen molar-refractivity contribution >= 4 is 17.8 Å². The average Bonchev–Trinajstić information content (AvgIpc) is 2.20. The van der Waals surface area contributed by atoms with Crippen LogP contribution >= 0.6 is 0 Å². The SMILES string of the molecule is COC(=O)CCCCC1CC(=O)N1C(C)=O. The summed E-state index contributed by atoms with van der Waals surface area (Å²) < 4.78 is 4.52. The minimum atomic E-state index is -0.215. The number of β-lactam (4-membered cyclic amide) rings is 1. The molecule has 2 amide bonds. The van der Waals surface area contributed by atoms with Gasteiger partial charge in [0.2, 0.25) is 11.8 Å². The number of nitrogens with zero attached hydrogens (tertiary/aromatic N) is 1. The van der Waals surface area contributed by atoms with Gasteiger partial charge in [0.15, 0.2) is 0 Å². The highest BCUT2D eigenvalue weighted by Crippen LogP contribution is 2.24. The molecule has 0 N–H and O–H groups in total. The molecule has 0 aromatic rings. The minimum absolute atomic E-state index is 0.0441. The topological polar surface area (TPSA) is 63.7 Å². The lowest BCUT2D eigenvalue weighted by molar-refractivity contribution is -0.157. The maximum atomic E-state index is 11.1. The first-order chi connectivity index (χ1) is 7.56. The number of carbonyl (C=O) groups is 3. The maximum absolute atomic E-state index is 11.1. The fraction of sp³-hybridized carbons (Fsp3) is 0.727. The molecule has 0 spiro atoms. The molecule has 0 aromatic heterocycles. The zero-order valence-electron chi connectivity index (χ0n) is 9.69. The van der Waals surface area contributed by atoms with Crippen molar-refractivity contribution in [2.24, 2.45) is 0 Å². The highest BCUT2D eigenvalue weighted by atomic mass is 16.5. The van der Waals surface area contributed by atoms with Crippen molar-refractivity contribution in [1.82, 2.24) is 4.90 Å². The molecular formula is C11H17NO4. The Hall–Kier alpha value is -1.39. The Labute approximate surface area is 94.7 Å². The van der Waals surface area contributed by atoms with E-state index in [9.17, 15) is 14.4 Å². The van der Waals surface area contributed by atoms with E-state index in [1.165, 1.54) is 18.9 Å². The number of ether oxygens (including phenoxy) is 1. The number of carbonyl (C=O) groups excluding carboxylic acids is 3. The Bertz CT molecular complexity index is 292. The number of unbranched alkanes of at least 4 members (excludes halogenated alkanes) is 1. The van der Waals surface area contributed by atoms with Crippen LogP contribution in [0.5, 0.6) is 0 Å². The third kappa shape index (κ3) is 3.05. The molecule has 5 heteroatoms. The second-order valence-electron chi connectivity index (χ2n) is 3.96. The maximum Gasteiger partial charge on any atom is 0.305 e. The van der Waals surface area contributed by atoms with E-state index in [0.29, 0.717) is 12.8 Å². The molecule has 1 unspecified atom stereocenters. The molecule has 1 atom stereocenters. The van der Waals surface area contributed by atoms with Crippen molar-refractivity contribution in [3.63, 3.8) is 0 Å². The Kier molecular flexibility index (Phi) is 4.46. The summed E-state index contributed by atoms with van der Waals surface area (Å²) in [6.07, 6.45) is 3.21. The van der Waals surface area contributed by atoms with Crippen LogP contribution in [0.2, 0.25) is 0 Å². The second-order valence-corrected chi connectivity index (χ2v) is 3.96. The molecule has 0 saturated carbocycles. The van der Waals surface area contributed by atoms with E-state index in [-0.39, 0.29) is 23.8 Å². The van der Waals surface area contributed by atoms with Gasteiger partial charge in [-0.25, -0.2) is 0 Å². The smallest absolute Gasteiger partial charge is 0.305 e. The third-order valence-corrected chi connectivity index (χ3v) is 2.78. The van der Waals surface area contributed by atoms with Crippen molar-refractivity contribution < 1.29 is 19.1 Å². The van der Waals surface area contributed by atoms with E-state index in [1.54, 1.807) is 0 Å². The summed E-state index contributed by atoms with van der Waals surface area (Å²) in [6, 6.07) is 0.0441. The van der Waals surface area contributed by atoms with Gasteiger partial charge in [-0.15, -0.1) is 0 Å². The molecule has 90 valence electrons. The number of likely N-dealkylation sites (tertiary alicyclic amines) is 1. The van der Waals surface area contributed by atoms with E-state index >= 15 is 0 Å². The molecule has 0 radical (unpaired) electrons. The first-order valence-corrected chi connectivity index (χ1v) is 5.45. The standard InChI is InChI=1S/C11H17NO4/c1-8(13)12-9(7-10(12)14)5-3-4-6-11(15)16-2/h9H,3-7H2,1-2H3. The summed E-state index contributed by atoms with van der Waals surface area (Å²) in [6.45, 7) is 1.40. The predicted molar refractivity (Wildman–Crippen MR) is 56.4 cm³/mol. The number of hydrogen-bond acceptors (Lipinski definition) is 4. The van der Waals surface area contributed by atoms with Crippen LogP contribution in [0, 0.1) is 0 Å². The molecule has 1 aliphatic rings. The van der Waals surface area contributed by atoms with Crippen LogP contribution in [-0.2, 0) is 19.1 Å². The highest BCUT2D eigenvalue weighted by Gasteiger charge is 2.38. The number of methoxy groups -OCH3 is 1. The Balaban J connectivity index is 2.17. The molecular weight excluding hydrogens is 210 g/mol. The Morgan fingerprint density at radius 1 is 1.44 bits per heavy atom. The molecule has 1 fully saturated rings. The fourth-order valence-electron chi connectivity index (χ4n) is 1.90. The molecule has 1 saturated heterocycles. The first-order valence-electron chi connectivity index (χ1n) is 5.45. The molecule has 0 bridgehead atoms. The molecule has 5 nitrogen and oxygen atoms in total. The van der Waals surface area contributed by atoms with Crippen LogP contribution in [0.25, 0.3) is 0 Å². The molecule has 1 rings (SSSR count). The van der Waals surface area contributed by atoms with Crippen molar-refractivity contribution in [3.8, 4) is 0 Å². The van der Waals surface area contributed by atoms with Crippen LogP contribution in [0.1, 0.15) is 39.0 Å². The summed E-state index contributed by atoms with van der Waals surface area (Å²) in [4.78, 5) is 34.3. The number of hydrogen-bond donors (Lipinski definition) is 0. The number of imide groups is 1. The first kappa shape index (κ1) is 12.7. The monoisotopic (exact) mass is 227 g/mol. The van der Waals surface area contributed by atoms with Gasteiger partial charge in [-0.2, -0.15) is 0 Å². The molecule has 0 aromatic carbocycles. The number of rotatable bonds is 5. The summed E-state index contributed by atoms with van der Waals surface area (Å²) in [5.74, 6) is -0.493. The van der Waals surface area contributed by atoms with Gasteiger partial charge in [-0.05, 0) is 12.8 Å². The zero-order chi connectivity index (χ0) is 12.1. The lowest BCUT2D eigenvalue weighted by atomic mass is 9.95. The van der Waals surface area contributed by atoms with Crippen LogP contribution in [-0.4, -0.2) is 35.8 Å². The van der Waals surface area contributed by atoms with Gasteiger partial charge >= 0.3 is 5.97 Å². The zero-order valence-corrected chi connectivity index (χ0v) is 9.69. The summed E-state index contributed by atoms with van der Waals surface area (Å²) in [5.41, 5.74) is 0. The van der Waals surface area contributed by atoms with Crippen LogP contribution in [0.4, 0.5) is 0 Å². The average molecular weight is 227 g/mol. The van der Waals surface area contributed by atoms with E-state index in [0.717, 1.165) is 19.3 Å². The Morgan fingerprint density at radius 2 is 2.12 bits per heavy atom. The second kappa shape index (κ2) is 5.63. The van der Waals surface area contributed by atoms with E-state index < -0.39 is 0 Å². The normalized spacial score (nSPS) is 19.2. The molecule has 16 heavy (non-hydrogen) atoms. The lowest BCUT2D eigenvalue weighted by Gasteiger charge is -2.38. The van der Waals surface area contributed by atoms with Crippen LogP contribution in [0.3, 0.4) is 0 Å². The molecule has 0 aliphatic carbocycles. The summed E-state index contributed by atoms with van der Waals surface area (Å²) >= 11 is 0. The van der Waals surface area contributed by atoms with Gasteiger partial charge in [0, 0.05) is 25.8 Å². The van der Waals surface area contributed by atoms with Crippen molar-refractivity contribution in [3.05, 3.63) is 0 Å². The molecule has 1 aliphatic heterocycles. The quantitative estimate of drug-likeness (QED) is 0.397. The van der Waals surface area contributed by atoms with Crippen LogP contribution in [0.15, 0.2) is 0 Å². The van der Waals surface area contributed by atoms with Gasteiger partial charge in [-0.3, -0.25) is 19.3 Å². The summed E-state index contributed by atoms with van der Waals surface area (Å²) in [5, 5.41) is 0. The third-order valence-electron chi connectivity index (χ3n) is 2.78. The highest BCUT2D eigenvalue weighted by molar-refractivity contribution is 5.99. The van der Waals surface area contributed by atoms with Crippen molar-refractivity contribution in [2.45, 2.75) is 45.1 Å². The van der Waals surface area contributed by atoms with Crippen molar-refractivity contribution in [1.29, 1.82) is 0 Å². The largest absolute Gasteiger partial charge is 0.469 e. The van der Waals surface area contributed by atoms with Gasteiger partial charge < -0.3 is 4.74 Å². The van der Waals surface area contributed by atoms with E-state index in [4.69, 9.17) is 0 Å². The van der Waals surface area contributed by atoms with Crippen molar-refractivity contribution in [2.75, 3.05) is 7.11 Å². The number of amides is 2. The lowest BCUT2D eigenvalue weighted by Crippen LogP contribution is -2.54. The fourth-order valence-corrected chi connectivity index (χ4v) is 1.90. The predicted octanol–water partition coefficient (Wildman–Crippen LogP) is 0.867. The van der Waals surface area contributed by atoms with Gasteiger partial charge in [0.05, 0.1) is 7.11 Å². The van der Waals surface area contributed by atoms with Gasteiger partial charge in [0.1, 0.15) is 0 Å². The Morgan fingerprint density at radius 3 is 2.62 bits per heavy atom. The van der Waals surface area contributed by atoms with Gasteiger partial charge in [0.25, 0.3) is 0 Å². The van der Waals surface area contributed by atoms with Gasteiger partial charge in [-0.1, -0.05) is 6.42 Å². The van der Waals surface area contributed by atoms with Crippen LogP contribution < -0.4 is 0 Å². The van der Waals surface area contributed by atoms with E-state index in [2.05, 4.69) is 4.74 Å². The summed E-state index contributed by atoms with van der Waals surface area (Å²) in [7, 11) is 1.37. The van der Waals surface area contributed by atoms with E-state index in [1.807, 2.05) is 0 Å². The number of esters is 1. The minimum Gasteiger partial charge on any atom is -0.469 e. The molecule has 1 heterocycles.